The molecule has 0 N–H and O–H groups in total. The summed E-state index contributed by atoms with van der Waals surface area (Å²) in [5, 5.41) is 3.84. The summed E-state index contributed by atoms with van der Waals surface area (Å²) < 4.78 is 14.8. The van der Waals surface area contributed by atoms with Crippen LogP contribution in [0.3, 0.4) is 0 Å². The van der Waals surface area contributed by atoms with Crippen molar-refractivity contribution in [1.82, 2.24) is 10.1 Å². The van der Waals surface area contributed by atoms with Crippen LogP contribution in [0.5, 0.6) is 5.75 Å². The van der Waals surface area contributed by atoms with E-state index >= 15 is 0 Å². The first-order valence-corrected chi connectivity index (χ1v) is 5.22. The quantitative estimate of drug-likeness (QED) is 0.771. The predicted octanol–water partition coefficient (Wildman–Crippen LogP) is 1.84. The van der Waals surface area contributed by atoms with E-state index in [0.29, 0.717) is 22.9 Å². The van der Waals surface area contributed by atoms with E-state index in [1.807, 2.05) is 0 Å². The molecule has 0 saturated heterocycles. The number of methoxy groups -OCH3 is 2. The first-order chi connectivity index (χ1) is 8.67. The fourth-order valence-electron chi connectivity index (χ4n) is 1.56. The minimum absolute atomic E-state index is 0.276. The molecule has 2 aromatic heterocycles. The van der Waals surface area contributed by atoms with Crippen molar-refractivity contribution in [2.75, 3.05) is 14.2 Å². The average Bonchev–Trinajstić information content (AvgIpc) is 2.80. The van der Waals surface area contributed by atoms with E-state index in [-0.39, 0.29) is 5.56 Å². The average molecular weight is 248 g/mol. The summed E-state index contributed by atoms with van der Waals surface area (Å²) in [5.41, 5.74) is 1.11. The summed E-state index contributed by atoms with van der Waals surface area (Å²) in [6, 6.07) is 3.37. The maximum absolute atomic E-state index is 11.7. The van der Waals surface area contributed by atoms with E-state index in [1.165, 1.54) is 7.11 Å². The van der Waals surface area contributed by atoms with Gasteiger partial charge in [-0.05, 0) is 13.0 Å². The van der Waals surface area contributed by atoms with Gasteiger partial charge in [0.05, 0.1) is 19.9 Å². The van der Waals surface area contributed by atoms with Crippen LogP contribution in [-0.4, -0.2) is 30.3 Å². The second-order valence-corrected chi connectivity index (χ2v) is 3.53. The van der Waals surface area contributed by atoms with Crippen LogP contribution in [0.4, 0.5) is 0 Å². The zero-order valence-electron chi connectivity index (χ0n) is 10.3. The Bertz CT molecular complexity index is 577. The largest absolute Gasteiger partial charge is 0.497 e. The molecule has 0 radical (unpaired) electrons. The zero-order valence-corrected chi connectivity index (χ0v) is 10.3. The number of hydrogen-bond acceptors (Lipinski definition) is 6. The lowest BCUT2D eigenvalue weighted by atomic mass is 10.1. The molecule has 2 rings (SSSR count). The topological polar surface area (TPSA) is 74.5 Å². The smallest absolute Gasteiger partial charge is 0.343 e. The van der Waals surface area contributed by atoms with Crippen LogP contribution in [-0.2, 0) is 4.74 Å². The molecule has 0 aliphatic heterocycles. The molecular weight excluding hydrogens is 236 g/mol. The highest BCUT2D eigenvalue weighted by molar-refractivity contribution is 5.96. The Balaban J connectivity index is 2.53. The second kappa shape index (κ2) is 4.87. The number of aryl methyl sites for hydroxylation is 1. The van der Waals surface area contributed by atoms with Gasteiger partial charge in [-0.25, -0.2) is 4.79 Å². The molecule has 0 saturated carbocycles. The SMILES string of the molecule is COC(=O)c1c(-c2cc(OC)ccn2)noc1C. The molecule has 6 nitrogen and oxygen atoms in total. The molecule has 2 heterocycles. The molecule has 2 aromatic rings. The fraction of sp³-hybridized carbons (Fsp3) is 0.250. The monoisotopic (exact) mass is 248 g/mol. The number of nitrogens with zero attached hydrogens (tertiary/aromatic N) is 2. The van der Waals surface area contributed by atoms with Crippen molar-refractivity contribution in [3.63, 3.8) is 0 Å². The van der Waals surface area contributed by atoms with E-state index in [1.54, 1.807) is 32.4 Å². The van der Waals surface area contributed by atoms with Gasteiger partial charge in [0.2, 0.25) is 0 Å². The third-order valence-corrected chi connectivity index (χ3v) is 2.46. The summed E-state index contributed by atoms with van der Waals surface area (Å²) in [4.78, 5) is 15.8. The Morgan fingerprint density at radius 1 is 1.39 bits per heavy atom. The number of hydrogen-bond donors (Lipinski definition) is 0. The fourth-order valence-corrected chi connectivity index (χ4v) is 1.56. The normalized spacial score (nSPS) is 10.2. The Hall–Kier alpha value is -2.37. The summed E-state index contributed by atoms with van der Waals surface area (Å²) in [5.74, 6) is 0.506. The van der Waals surface area contributed by atoms with Gasteiger partial charge in [0.1, 0.15) is 22.8 Å². The van der Waals surface area contributed by atoms with Gasteiger partial charge in [0.25, 0.3) is 0 Å². The lowest BCUT2D eigenvalue weighted by Crippen LogP contribution is -2.04. The Labute approximate surface area is 104 Å². The molecule has 18 heavy (non-hydrogen) atoms. The maximum Gasteiger partial charge on any atom is 0.343 e. The third kappa shape index (κ3) is 2.04. The molecule has 94 valence electrons. The summed E-state index contributed by atoms with van der Waals surface area (Å²) in [6.45, 7) is 1.64. The van der Waals surface area contributed by atoms with E-state index in [2.05, 4.69) is 10.1 Å². The Morgan fingerprint density at radius 2 is 2.17 bits per heavy atom. The van der Waals surface area contributed by atoms with Crippen molar-refractivity contribution in [3.8, 4) is 17.1 Å². The molecule has 0 unspecified atom stereocenters. The molecule has 0 aromatic carbocycles. The molecule has 0 amide bonds. The highest BCUT2D eigenvalue weighted by atomic mass is 16.5. The summed E-state index contributed by atoms with van der Waals surface area (Å²) in [6.07, 6.45) is 1.57. The lowest BCUT2D eigenvalue weighted by Gasteiger charge is -2.02. The summed E-state index contributed by atoms with van der Waals surface area (Å²) in [7, 11) is 2.85. The molecule has 6 heteroatoms. The van der Waals surface area contributed by atoms with Crippen molar-refractivity contribution in [1.29, 1.82) is 0 Å². The van der Waals surface area contributed by atoms with Crippen molar-refractivity contribution in [2.45, 2.75) is 6.92 Å². The minimum atomic E-state index is -0.506. The Kier molecular flexibility index (Phi) is 3.27. The van der Waals surface area contributed by atoms with Gasteiger partial charge in [-0.1, -0.05) is 5.16 Å². The van der Waals surface area contributed by atoms with Crippen LogP contribution in [0.25, 0.3) is 11.4 Å². The number of ether oxygens (including phenoxy) is 2. The van der Waals surface area contributed by atoms with Crippen LogP contribution in [0.2, 0.25) is 0 Å². The zero-order chi connectivity index (χ0) is 13.1. The van der Waals surface area contributed by atoms with Gasteiger partial charge in [-0.15, -0.1) is 0 Å². The van der Waals surface area contributed by atoms with E-state index in [4.69, 9.17) is 14.0 Å². The predicted molar refractivity (Wildman–Crippen MR) is 62.4 cm³/mol. The number of rotatable bonds is 3. The first kappa shape index (κ1) is 12.1. The van der Waals surface area contributed by atoms with Crippen molar-refractivity contribution in [3.05, 3.63) is 29.7 Å². The van der Waals surface area contributed by atoms with Crippen LogP contribution in [0, 0.1) is 6.92 Å². The number of esters is 1. The van der Waals surface area contributed by atoms with Crippen LogP contribution in [0.15, 0.2) is 22.9 Å². The molecule has 0 atom stereocenters. The van der Waals surface area contributed by atoms with Gasteiger partial charge >= 0.3 is 5.97 Å². The van der Waals surface area contributed by atoms with Gasteiger partial charge in [-0.2, -0.15) is 0 Å². The van der Waals surface area contributed by atoms with Crippen LogP contribution < -0.4 is 4.74 Å². The minimum Gasteiger partial charge on any atom is -0.497 e. The molecular formula is C12H12N2O4. The third-order valence-electron chi connectivity index (χ3n) is 2.46. The van der Waals surface area contributed by atoms with Gasteiger partial charge < -0.3 is 14.0 Å². The highest BCUT2D eigenvalue weighted by Gasteiger charge is 2.23. The molecule has 0 fully saturated rings. The molecule has 0 aliphatic rings. The Morgan fingerprint density at radius 3 is 2.83 bits per heavy atom. The maximum atomic E-state index is 11.7. The lowest BCUT2D eigenvalue weighted by molar-refractivity contribution is 0.0599. The second-order valence-electron chi connectivity index (χ2n) is 3.53. The van der Waals surface area contributed by atoms with Crippen LogP contribution in [0.1, 0.15) is 16.1 Å². The van der Waals surface area contributed by atoms with E-state index in [9.17, 15) is 4.79 Å². The van der Waals surface area contributed by atoms with Gasteiger partial charge in [0.15, 0.2) is 0 Å². The highest BCUT2D eigenvalue weighted by Crippen LogP contribution is 2.26. The number of carbonyl (C=O) groups is 1. The molecule has 0 spiro atoms. The van der Waals surface area contributed by atoms with Gasteiger partial charge in [-0.3, -0.25) is 4.98 Å². The number of aromatic nitrogens is 2. The number of carbonyl (C=O) groups excluding carboxylic acids is 1. The van der Waals surface area contributed by atoms with E-state index in [0.717, 1.165) is 0 Å². The standard InChI is InChI=1S/C12H12N2O4/c1-7-10(12(15)17-3)11(14-18-7)9-6-8(16-2)4-5-13-9/h4-6H,1-3H3. The van der Waals surface area contributed by atoms with Crippen molar-refractivity contribution >= 4 is 5.97 Å². The molecule has 0 bridgehead atoms. The van der Waals surface area contributed by atoms with Crippen LogP contribution >= 0.6 is 0 Å². The van der Waals surface area contributed by atoms with E-state index < -0.39 is 5.97 Å². The first-order valence-electron chi connectivity index (χ1n) is 5.22. The van der Waals surface area contributed by atoms with Gasteiger partial charge in [0, 0.05) is 12.3 Å². The van der Waals surface area contributed by atoms with Crippen molar-refractivity contribution in [2.24, 2.45) is 0 Å². The number of pyridine rings is 1. The summed E-state index contributed by atoms with van der Waals surface area (Å²) >= 11 is 0. The molecule has 0 aliphatic carbocycles. The van der Waals surface area contributed by atoms with Crippen molar-refractivity contribution < 1.29 is 18.8 Å².